The summed E-state index contributed by atoms with van der Waals surface area (Å²) < 4.78 is 5.66. The molecule has 0 fully saturated rings. The number of fused-ring (bicyclic) bond motifs is 1. The van der Waals surface area contributed by atoms with Crippen LogP contribution in [0.4, 0.5) is 0 Å². The van der Waals surface area contributed by atoms with E-state index in [-0.39, 0.29) is 6.04 Å². The van der Waals surface area contributed by atoms with Gasteiger partial charge in [0.2, 0.25) is 0 Å². The van der Waals surface area contributed by atoms with Crippen LogP contribution in [0.2, 0.25) is 0 Å². The maximum absolute atomic E-state index is 6.02. The van der Waals surface area contributed by atoms with Crippen LogP contribution in [0.1, 0.15) is 31.3 Å². The van der Waals surface area contributed by atoms with Crippen molar-refractivity contribution in [1.82, 2.24) is 4.98 Å². The second-order valence-corrected chi connectivity index (χ2v) is 4.25. The zero-order chi connectivity index (χ0) is 11.0. The van der Waals surface area contributed by atoms with Crippen molar-refractivity contribution in [2.24, 2.45) is 11.7 Å². The first-order valence-electron chi connectivity index (χ1n) is 5.20. The van der Waals surface area contributed by atoms with Gasteiger partial charge in [0.1, 0.15) is 11.3 Å². The maximum atomic E-state index is 6.02. The first-order chi connectivity index (χ1) is 7.08. The van der Waals surface area contributed by atoms with Gasteiger partial charge in [0.05, 0.1) is 6.04 Å². The lowest BCUT2D eigenvalue weighted by Gasteiger charge is -2.11. The van der Waals surface area contributed by atoms with Crippen molar-refractivity contribution in [2.45, 2.75) is 26.8 Å². The lowest BCUT2D eigenvalue weighted by atomic mass is 10.0. The lowest BCUT2D eigenvalue weighted by molar-refractivity contribution is 0.418. The molecule has 0 spiro atoms. The fourth-order valence-corrected chi connectivity index (χ4v) is 1.54. The molecule has 2 rings (SSSR count). The molecule has 80 valence electrons. The predicted molar refractivity (Wildman–Crippen MR) is 60.5 cm³/mol. The van der Waals surface area contributed by atoms with Gasteiger partial charge in [-0.1, -0.05) is 13.8 Å². The molecule has 3 heteroatoms. The fraction of sp³-hybridized carbons (Fsp3) is 0.417. The molecule has 0 amide bonds. The van der Waals surface area contributed by atoms with Gasteiger partial charge in [0.15, 0.2) is 5.58 Å². The minimum Gasteiger partial charge on any atom is -0.458 e. The van der Waals surface area contributed by atoms with E-state index in [4.69, 9.17) is 10.2 Å². The summed E-state index contributed by atoms with van der Waals surface area (Å²) in [5.74, 6) is 1.18. The Labute approximate surface area is 89.3 Å². The highest BCUT2D eigenvalue weighted by Crippen LogP contribution is 2.25. The van der Waals surface area contributed by atoms with Crippen molar-refractivity contribution >= 4 is 11.1 Å². The molecule has 0 saturated heterocycles. The number of hydrogen-bond acceptors (Lipinski definition) is 3. The summed E-state index contributed by atoms with van der Waals surface area (Å²) in [6, 6.07) is 5.76. The Morgan fingerprint density at radius 2 is 2.07 bits per heavy atom. The molecular weight excluding hydrogens is 188 g/mol. The third kappa shape index (κ3) is 1.88. The van der Waals surface area contributed by atoms with Crippen LogP contribution in [0.3, 0.4) is 0 Å². The lowest BCUT2D eigenvalue weighted by Crippen LogP contribution is -2.15. The molecule has 2 aromatic heterocycles. The van der Waals surface area contributed by atoms with E-state index in [9.17, 15) is 0 Å². The first-order valence-corrected chi connectivity index (χ1v) is 5.20. The molecule has 0 saturated carbocycles. The predicted octanol–water partition coefficient (Wildman–Crippen LogP) is 2.79. The number of furan rings is 1. The second-order valence-electron chi connectivity index (χ2n) is 4.25. The van der Waals surface area contributed by atoms with Crippen LogP contribution >= 0.6 is 0 Å². The topological polar surface area (TPSA) is 52.0 Å². The van der Waals surface area contributed by atoms with E-state index < -0.39 is 0 Å². The monoisotopic (exact) mass is 204 g/mol. The molecule has 0 radical (unpaired) electrons. The zero-order valence-electron chi connectivity index (χ0n) is 9.32. The molecule has 0 aliphatic rings. The Kier molecular flexibility index (Phi) is 2.49. The van der Waals surface area contributed by atoms with Gasteiger partial charge in [0.25, 0.3) is 0 Å². The van der Waals surface area contributed by atoms with Crippen LogP contribution in [-0.2, 0) is 0 Å². The van der Waals surface area contributed by atoms with Crippen molar-refractivity contribution in [2.75, 3.05) is 0 Å². The van der Waals surface area contributed by atoms with Crippen molar-refractivity contribution in [1.29, 1.82) is 0 Å². The van der Waals surface area contributed by atoms with Gasteiger partial charge in [-0.05, 0) is 25.0 Å². The molecule has 0 bridgehead atoms. The molecule has 0 unspecified atom stereocenters. The maximum Gasteiger partial charge on any atom is 0.152 e. The highest BCUT2D eigenvalue weighted by Gasteiger charge is 2.15. The number of pyridine rings is 1. The molecule has 2 N–H and O–H groups in total. The molecular formula is C12H16N2O. The van der Waals surface area contributed by atoms with E-state index in [0.717, 1.165) is 22.6 Å². The summed E-state index contributed by atoms with van der Waals surface area (Å²) >= 11 is 0. The summed E-state index contributed by atoms with van der Waals surface area (Å²) in [6.07, 6.45) is 0. The van der Waals surface area contributed by atoms with Crippen molar-refractivity contribution < 1.29 is 4.42 Å². The van der Waals surface area contributed by atoms with Crippen LogP contribution in [0, 0.1) is 12.8 Å². The van der Waals surface area contributed by atoms with E-state index in [0.29, 0.717) is 5.92 Å². The summed E-state index contributed by atoms with van der Waals surface area (Å²) in [6.45, 7) is 6.13. The molecule has 2 aromatic rings. The van der Waals surface area contributed by atoms with Gasteiger partial charge in [-0.15, -0.1) is 0 Å². The molecule has 0 aromatic carbocycles. The Morgan fingerprint density at radius 1 is 1.33 bits per heavy atom. The Balaban J connectivity index is 2.47. The first kappa shape index (κ1) is 10.2. The number of nitrogens with zero attached hydrogens (tertiary/aromatic N) is 1. The standard InChI is InChI=1S/C12H16N2O/c1-7(2)12(13)11-6-9-10(15-11)5-4-8(3)14-9/h4-7,12H,13H2,1-3H3/t12-/m1/s1. The van der Waals surface area contributed by atoms with Gasteiger partial charge in [-0.3, -0.25) is 0 Å². The third-order valence-corrected chi connectivity index (χ3v) is 2.58. The van der Waals surface area contributed by atoms with Crippen LogP contribution in [0.25, 0.3) is 11.1 Å². The molecule has 15 heavy (non-hydrogen) atoms. The van der Waals surface area contributed by atoms with Crippen molar-refractivity contribution in [3.05, 3.63) is 29.7 Å². The van der Waals surface area contributed by atoms with Gasteiger partial charge in [-0.2, -0.15) is 0 Å². The van der Waals surface area contributed by atoms with E-state index >= 15 is 0 Å². The van der Waals surface area contributed by atoms with Crippen LogP contribution in [0.15, 0.2) is 22.6 Å². The molecule has 0 aliphatic heterocycles. The third-order valence-electron chi connectivity index (χ3n) is 2.58. The normalized spacial score (nSPS) is 13.7. The number of aromatic nitrogens is 1. The molecule has 3 nitrogen and oxygen atoms in total. The molecule has 0 aliphatic carbocycles. The average Bonchev–Trinajstić information content (AvgIpc) is 2.58. The summed E-state index contributed by atoms with van der Waals surface area (Å²) in [7, 11) is 0. The van der Waals surface area contributed by atoms with Crippen molar-refractivity contribution in [3.63, 3.8) is 0 Å². The fourth-order valence-electron chi connectivity index (χ4n) is 1.54. The molecule has 1 atom stereocenters. The number of hydrogen-bond donors (Lipinski definition) is 1. The largest absolute Gasteiger partial charge is 0.458 e. The molecule has 2 heterocycles. The van der Waals surface area contributed by atoms with E-state index in [1.54, 1.807) is 0 Å². The SMILES string of the molecule is Cc1ccc2oc([C@H](N)C(C)C)cc2n1. The summed E-state index contributed by atoms with van der Waals surface area (Å²) in [5.41, 5.74) is 8.71. The average molecular weight is 204 g/mol. The van der Waals surface area contributed by atoms with Gasteiger partial charge in [0, 0.05) is 11.8 Å². The van der Waals surface area contributed by atoms with Crippen molar-refractivity contribution in [3.8, 4) is 0 Å². The Morgan fingerprint density at radius 3 is 2.73 bits per heavy atom. The van der Waals surface area contributed by atoms with E-state index in [1.165, 1.54) is 0 Å². The van der Waals surface area contributed by atoms with Crippen LogP contribution in [0.5, 0.6) is 0 Å². The minimum absolute atomic E-state index is 0.0560. The Hall–Kier alpha value is -1.35. The number of rotatable bonds is 2. The summed E-state index contributed by atoms with van der Waals surface area (Å²) in [4.78, 5) is 4.39. The van der Waals surface area contributed by atoms with Gasteiger partial charge < -0.3 is 10.2 Å². The van der Waals surface area contributed by atoms with Gasteiger partial charge in [-0.25, -0.2) is 4.98 Å². The van der Waals surface area contributed by atoms with Gasteiger partial charge >= 0.3 is 0 Å². The second kappa shape index (κ2) is 3.66. The number of aryl methyl sites for hydroxylation is 1. The Bertz CT molecular complexity index is 473. The van der Waals surface area contributed by atoms with E-state index in [1.807, 2.05) is 25.1 Å². The smallest absolute Gasteiger partial charge is 0.152 e. The minimum atomic E-state index is -0.0560. The van der Waals surface area contributed by atoms with Crippen LogP contribution in [-0.4, -0.2) is 4.98 Å². The number of nitrogens with two attached hydrogens (primary N) is 1. The highest BCUT2D eigenvalue weighted by molar-refractivity contribution is 5.73. The van der Waals surface area contributed by atoms with E-state index in [2.05, 4.69) is 18.8 Å². The van der Waals surface area contributed by atoms with Crippen LogP contribution < -0.4 is 5.73 Å². The highest BCUT2D eigenvalue weighted by atomic mass is 16.3. The summed E-state index contributed by atoms with van der Waals surface area (Å²) in [5, 5.41) is 0. The quantitative estimate of drug-likeness (QED) is 0.818. The zero-order valence-corrected chi connectivity index (χ0v) is 9.32.